The maximum atomic E-state index is 13.1. The number of esters is 1. The van der Waals surface area contributed by atoms with Crippen molar-refractivity contribution in [3.63, 3.8) is 0 Å². The molecule has 0 spiro atoms. The van der Waals surface area contributed by atoms with Gasteiger partial charge in [0.2, 0.25) is 0 Å². The summed E-state index contributed by atoms with van der Waals surface area (Å²) in [6, 6.07) is 15.8. The van der Waals surface area contributed by atoms with Crippen LogP contribution in [0.25, 0.3) is 0 Å². The largest absolute Gasteiger partial charge is 0.497 e. The Morgan fingerprint density at radius 1 is 1.03 bits per heavy atom. The zero-order valence-electron chi connectivity index (χ0n) is 16.9. The second-order valence-corrected chi connectivity index (χ2v) is 7.73. The van der Waals surface area contributed by atoms with Crippen LogP contribution in [0.15, 0.2) is 60.0 Å². The number of methoxy groups -OCH3 is 1. The number of nitrogens with zero attached hydrogens (tertiary/aromatic N) is 1. The lowest BCUT2D eigenvalue weighted by atomic mass is 10.2. The molecule has 3 aromatic rings. The van der Waals surface area contributed by atoms with Crippen molar-refractivity contribution >= 4 is 28.9 Å². The zero-order chi connectivity index (χ0) is 21.6. The van der Waals surface area contributed by atoms with Crippen molar-refractivity contribution in [3.05, 3.63) is 70.4 Å². The molecule has 0 fully saturated rings. The van der Waals surface area contributed by atoms with Gasteiger partial charge in [0, 0.05) is 16.6 Å². The van der Waals surface area contributed by atoms with Crippen molar-refractivity contribution in [2.75, 3.05) is 31.8 Å². The van der Waals surface area contributed by atoms with E-state index in [0.717, 1.165) is 4.88 Å². The standard InChI is InChI=1S/C23H21NO6S/c1-27-18-5-2-4-16(12-18)23(26)30-15-22(25)24(14-19-6-3-11-31-19)17-7-8-20-21(13-17)29-10-9-28-20/h2-8,11-13H,9-10,14-15H2,1H3. The average Bonchev–Trinajstić information content (AvgIpc) is 3.34. The number of fused-ring (bicyclic) bond motifs is 1. The summed E-state index contributed by atoms with van der Waals surface area (Å²) in [4.78, 5) is 28.0. The first kappa shape index (κ1) is 20.7. The highest BCUT2D eigenvalue weighted by Crippen LogP contribution is 2.34. The molecule has 2 heterocycles. The molecule has 8 heteroatoms. The van der Waals surface area contributed by atoms with Gasteiger partial charge in [-0.25, -0.2) is 4.79 Å². The van der Waals surface area contributed by atoms with E-state index >= 15 is 0 Å². The Morgan fingerprint density at radius 2 is 1.87 bits per heavy atom. The molecule has 0 N–H and O–H groups in total. The average molecular weight is 439 g/mol. The van der Waals surface area contributed by atoms with Crippen LogP contribution in [0.2, 0.25) is 0 Å². The van der Waals surface area contributed by atoms with Gasteiger partial charge in [-0.3, -0.25) is 4.79 Å². The summed E-state index contributed by atoms with van der Waals surface area (Å²) < 4.78 is 21.6. The fourth-order valence-corrected chi connectivity index (χ4v) is 3.81. The van der Waals surface area contributed by atoms with E-state index in [1.165, 1.54) is 7.11 Å². The van der Waals surface area contributed by atoms with Gasteiger partial charge in [-0.1, -0.05) is 12.1 Å². The van der Waals surface area contributed by atoms with E-state index in [1.54, 1.807) is 58.7 Å². The maximum Gasteiger partial charge on any atom is 0.338 e. The van der Waals surface area contributed by atoms with Crippen LogP contribution in [0.4, 0.5) is 5.69 Å². The molecule has 7 nitrogen and oxygen atoms in total. The zero-order valence-corrected chi connectivity index (χ0v) is 17.7. The van der Waals surface area contributed by atoms with E-state index in [1.807, 2.05) is 17.5 Å². The van der Waals surface area contributed by atoms with E-state index in [4.69, 9.17) is 18.9 Å². The monoisotopic (exact) mass is 439 g/mol. The number of rotatable bonds is 7. The van der Waals surface area contributed by atoms with Gasteiger partial charge >= 0.3 is 5.97 Å². The van der Waals surface area contributed by atoms with Gasteiger partial charge < -0.3 is 23.8 Å². The molecule has 2 aromatic carbocycles. The summed E-state index contributed by atoms with van der Waals surface area (Å²) in [5, 5.41) is 1.95. The Balaban J connectivity index is 1.51. The predicted molar refractivity (Wildman–Crippen MR) is 116 cm³/mol. The summed E-state index contributed by atoms with van der Waals surface area (Å²) in [6.07, 6.45) is 0. The van der Waals surface area contributed by atoms with Crippen molar-refractivity contribution in [2.45, 2.75) is 6.54 Å². The van der Waals surface area contributed by atoms with Crippen LogP contribution in [0.3, 0.4) is 0 Å². The molecule has 1 aliphatic rings. The van der Waals surface area contributed by atoms with Gasteiger partial charge in [-0.15, -0.1) is 11.3 Å². The second-order valence-electron chi connectivity index (χ2n) is 6.70. The first-order chi connectivity index (χ1) is 15.1. The molecule has 0 aliphatic carbocycles. The van der Waals surface area contributed by atoms with E-state index < -0.39 is 12.6 Å². The van der Waals surface area contributed by atoms with Gasteiger partial charge in [0.15, 0.2) is 18.1 Å². The number of hydrogen-bond acceptors (Lipinski definition) is 7. The van der Waals surface area contributed by atoms with Gasteiger partial charge in [-0.05, 0) is 41.8 Å². The minimum absolute atomic E-state index is 0.316. The number of amides is 1. The molecule has 1 aliphatic heterocycles. The molecule has 31 heavy (non-hydrogen) atoms. The van der Waals surface area contributed by atoms with Crippen LogP contribution in [0.5, 0.6) is 17.2 Å². The third-order valence-electron chi connectivity index (χ3n) is 4.66. The Morgan fingerprint density at radius 3 is 2.65 bits per heavy atom. The molecular weight excluding hydrogens is 418 g/mol. The third-order valence-corrected chi connectivity index (χ3v) is 5.53. The fourth-order valence-electron chi connectivity index (χ4n) is 3.12. The number of carbonyl (C=O) groups is 2. The lowest BCUT2D eigenvalue weighted by Gasteiger charge is -2.25. The normalized spacial score (nSPS) is 12.2. The molecule has 160 valence electrons. The fraction of sp³-hybridized carbons (Fsp3) is 0.217. The number of thiophene rings is 1. The number of benzene rings is 2. The highest BCUT2D eigenvalue weighted by Gasteiger charge is 2.22. The van der Waals surface area contributed by atoms with Crippen molar-refractivity contribution in [2.24, 2.45) is 0 Å². The highest BCUT2D eigenvalue weighted by atomic mass is 32.1. The summed E-state index contributed by atoms with van der Waals surface area (Å²) in [5.41, 5.74) is 0.955. The predicted octanol–water partition coefficient (Wildman–Crippen LogP) is 3.92. The van der Waals surface area contributed by atoms with Gasteiger partial charge in [0.05, 0.1) is 19.2 Å². The van der Waals surface area contributed by atoms with Crippen LogP contribution in [0, 0.1) is 0 Å². The number of ether oxygens (including phenoxy) is 4. The molecule has 0 unspecified atom stereocenters. The number of anilines is 1. The van der Waals surface area contributed by atoms with Crippen molar-refractivity contribution in [3.8, 4) is 17.2 Å². The van der Waals surface area contributed by atoms with E-state index in [9.17, 15) is 9.59 Å². The van der Waals surface area contributed by atoms with Gasteiger partial charge in [0.1, 0.15) is 19.0 Å². The van der Waals surface area contributed by atoms with Crippen LogP contribution >= 0.6 is 11.3 Å². The first-order valence-corrected chi connectivity index (χ1v) is 10.6. The van der Waals surface area contributed by atoms with Crippen LogP contribution < -0.4 is 19.1 Å². The molecule has 4 rings (SSSR count). The van der Waals surface area contributed by atoms with Crippen molar-refractivity contribution < 1.29 is 28.5 Å². The Labute approximate surface area is 183 Å². The molecular formula is C23H21NO6S. The van der Waals surface area contributed by atoms with Crippen LogP contribution in [-0.2, 0) is 16.1 Å². The number of carbonyl (C=O) groups excluding carboxylic acids is 2. The van der Waals surface area contributed by atoms with Crippen LogP contribution in [-0.4, -0.2) is 38.8 Å². The maximum absolute atomic E-state index is 13.1. The van der Waals surface area contributed by atoms with Crippen molar-refractivity contribution in [1.29, 1.82) is 0 Å². The Kier molecular flexibility index (Phi) is 6.37. The molecule has 0 bridgehead atoms. The molecule has 0 atom stereocenters. The van der Waals surface area contributed by atoms with Gasteiger partial charge in [-0.2, -0.15) is 0 Å². The lowest BCUT2D eigenvalue weighted by Crippen LogP contribution is -2.34. The first-order valence-electron chi connectivity index (χ1n) is 9.67. The summed E-state index contributed by atoms with van der Waals surface area (Å²) in [5.74, 6) is 0.826. The van der Waals surface area contributed by atoms with Gasteiger partial charge in [0.25, 0.3) is 5.91 Å². The lowest BCUT2D eigenvalue weighted by molar-refractivity contribution is -0.121. The number of hydrogen-bond donors (Lipinski definition) is 0. The van der Waals surface area contributed by atoms with Crippen LogP contribution in [0.1, 0.15) is 15.2 Å². The Bertz CT molecular complexity index is 1070. The summed E-state index contributed by atoms with van der Waals surface area (Å²) >= 11 is 1.55. The van der Waals surface area contributed by atoms with E-state index in [-0.39, 0.29) is 5.91 Å². The molecule has 0 saturated carbocycles. The highest BCUT2D eigenvalue weighted by molar-refractivity contribution is 7.09. The molecule has 1 amide bonds. The molecule has 0 saturated heterocycles. The minimum Gasteiger partial charge on any atom is -0.497 e. The topological polar surface area (TPSA) is 74.3 Å². The summed E-state index contributed by atoms with van der Waals surface area (Å²) in [7, 11) is 1.52. The second kappa shape index (κ2) is 9.53. The smallest absolute Gasteiger partial charge is 0.338 e. The molecule has 1 aromatic heterocycles. The third kappa shape index (κ3) is 4.97. The SMILES string of the molecule is COc1cccc(C(=O)OCC(=O)N(Cc2cccs2)c2ccc3c(c2)OCCO3)c1. The summed E-state index contributed by atoms with van der Waals surface area (Å²) in [6.45, 7) is 0.903. The van der Waals surface area contributed by atoms with E-state index in [2.05, 4.69) is 0 Å². The van der Waals surface area contributed by atoms with Crippen molar-refractivity contribution in [1.82, 2.24) is 0 Å². The quantitative estimate of drug-likeness (QED) is 0.520. The molecule has 0 radical (unpaired) electrons. The minimum atomic E-state index is -0.592. The Hall–Kier alpha value is -3.52. The van der Waals surface area contributed by atoms with E-state index in [0.29, 0.717) is 48.3 Å².